The zero-order valence-electron chi connectivity index (χ0n) is 16.0. The topological polar surface area (TPSA) is 68.0 Å². The van der Waals surface area contributed by atoms with Gasteiger partial charge >= 0.3 is 0 Å². The Bertz CT molecular complexity index is 1170. The van der Waals surface area contributed by atoms with Gasteiger partial charge in [0.2, 0.25) is 17.6 Å². The Balaban J connectivity index is 1.21. The fraction of sp³-hybridized carbons (Fsp3) is 0.208. The van der Waals surface area contributed by atoms with Crippen LogP contribution in [0.2, 0.25) is 0 Å². The molecule has 3 aromatic carbocycles. The van der Waals surface area contributed by atoms with E-state index in [-0.39, 0.29) is 5.91 Å². The first-order chi connectivity index (χ1) is 14.3. The van der Waals surface area contributed by atoms with Gasteiger partial charge in [0.1, 0.15) is 0 Å². The largest absolute Gasteiger partial charge is 0.339 e. The van der Waals surface area contributed by atoms with Crippen LogP contribution in [0.15, 0.2) is 65.2 Å². The maximum Gasteiger partial charge on any atom is 0.226 e. The van der Waals surface area contributed by atoms with E-state index >= 15 is 0 Å². The Kier molecular flexibility index (Phi) is 4.56. The normalized spacial score (nSPS) is 12.4. The van der Waals surface area contributed by atoms with Crippen LogP contribution in [0.3, 0.4) is 0 Å². The minimum absolute atomic E-state index is 0.00602. The first-order valence-electron chi connectivity index (χ1n) is 9.99. The summed E-state index contributed by atoms with van der Waals surface area (Å²) in [5.74, 6) is 1.14. The quantitative estimate of drug-likeness (QED) is 0.511. The molecule has 1 aromatic heterocycles. The van der Waals surface area contributed by atoms with Crippen LogP contribution in [0.1, 0.15) is 29.9 Å². The number of nitrogens with zero attached hydrogens (tertiary/aromatic N) is 2. The van der Waals surface area contributed by atoms with Gasteiger partial charge in [0.25, 0.3) is 0 Å². The van der Waals surface area contributed by atoms with Crippen molar-refractivity contribution in [2.75, 3.05) is 5.32 Å². The number of carbonyl (C=O) groups excluding carboxylic acids is 1. The van der Waals surface area contributed by atoms with Crippen molar-refractivity contribution in [3.05, 3.63) is 77.7 Å². The van der Waals surface area contributed by atoms with E-state index in [1.807, 2.05) is 36.4 Å². The highest BCUT2D eigenvalue weighted by atomic mass is 16.5. The van der Waals surface area contributed by atoms with Crippen molar-refractivity contribution in [1.82, 2.24) is 10.1 Å². The van der Waals surface area contributed by atoms with Crippen LogP contribution in [-0.2, 0) is 24.1 Å². The molecule has 1 heterocycles. The lowest BCUT2D eigenvalue weighted by atomic mass is 10.0. The third kappa shape index (κ3) is 3.51. The molecule has 0 fully saturated rings. The number of carbonyl (C=O) groups is 1. The molecule has 1 N–H and O–H groups in total. The summed E-state index contributed by atoms with van der Waals surface area (Å²) in [6.07, 6.45) is 3.81. The summed E-state index contributed by atoms with van der Waals surface area (Å²) >= 11 is 0. The summed E-state index contributed by atoms with van der Waals surface area (Å²) in [7, 11) is 0. The van der Waals surface area contributed by atoms with Crippen molar-refractivity contribution in [2.24, 2.45) is 0 Å². The fourth-order valence-corrected chi connectivity index (χ4v) is 4.03. The molecule has 0 aliphatic heterocycles. The molecular weight excluding hydrogens is 362 g/mol. The molecule has 5 heteroatoms. The van der Waals surface area contributed by atoms with E-state index in [2.05, 4.69) is 39.7 Å². The maximum atomic E-state index is 12.5. The second kappa shape index (κ2) is 7.51. The van der Waals surface area contributed by atoms with Crippen molar-refractivity contribution >= 4 is 22.4 Å². The van der Waals surface area contributed by atoms with Crippen LogP contribution in [0.25, 0.3) is 22.2 Å². The molecule has 1 aliphatic rings. The van der Waals surface area contributed by atoms with E-state index in [9.17, 15) is 4.79 Å². The third-order valence-electron chi connectivity index (χ3n) is 5.45. The molecule has 0 atom stereocenters. The zero-order chi connectivity index (χ0) is 19.6. The molecule has 5 rings (SSSR count). The van der Waals surface area contributed by atoms with Gasteiger partial charge in [-0.2, -0.15) is 4.98 Å². The molecule has 0 saturated heterocycles. The summed E-state index contributed by atoms with van der Waals surface area (Å²) < 4.78 is 5.32. The van der Waals surface area contributed by atoms with Gasteiger partial charge in [-0.3, -0.25) is 4.79 Å². The summed E-state index contributed by atoms with van der Waals surface area (Å²) in [6.45, 7) is 0. The highest BCUT2D eigenvalue weighted by molar-refractivity contribution is 6.05. The third-order valence-corrected chi connectivity index (χ3v) is 5.45. The molecule has 0 unspecified atom stereocenters. The SMILES string of the molecule is O=C(CCCc1nc(-c2ccccc2)no1)Nc1ccc2c3c(cccc13)CC2. The minimum atomic E-state index is 0.00602. The first kappa shape index (κ1) is 17.6. The predicted molar refractivity (Wildman–Crippen MR) is 113 cm³/mol. The number of rotatable bonds is 6. The zero-order valence-corrected chi connectivity index (χ0v) is 16.0. The van der Waals surface area contributed by atoms with Crippen LogP contribution in [0.4, 0.5) is 5.69 Å². The first-order valence-corrected chi connectivity index (χ1v) is 9.99. The Morgan fingerprint density at radius 3 is 2.66 bits per heavy atom. The molecule has 0 radical (unpaired) electrons. The molecule has 4 aromatic rings. The molecule has 0 spiro atoms. The molecule has 0 saturated carbocycles. The van der Waals surface area contributed by atoms with Gasteiger partial charge in [-0.15, -0.1) is 0 Å². The number of aromatic nitrogens is 2. The van der Waals surface area contributed by atoms with Gasteiger partial charge in [0.05, 0.1) is 0 Å². The standard InChI is InChI=1S/C24H21N3O2/c28-21(10-5-11-22-26-24(27-29-22)18-6-2-1-3-7-18)25-20-15-14-17-13-12-16-8-4-9-19(20)23(16)17/h1-4,6-9,14-15H,5,10-13H2,(H,25,28). The van der Waals surface area contributed by atoms with Crippen LogP contribution >= 0.6 is 0 Å². The second-order valence-corrected chi connectivity index (χ2v) is 7.39. The highest BCUT2D eigenvalue weighted by Crippen LogP contribution is 2.35. The molecule has 29 heavy (non-hydrogen) atoms. The minimum Gasteiger partial charge on any atom is -0.339 e. The van der Waals surface area contributed by atoms with Crippen molar-refractivity contribution in [3.8, 4) is 11.4 Å². The predicted octanol–water partition coefficient (Wildman–Crippen LogP) is 4.95. The highest BCUT2D eigenvalue weighted by Gasteiger charge is 2.16. The summed E-state index contributed by atoms with van der Waals surface area (Å²) in [4.78, 5) is 16.9. The van der Waals surface area contributed by atoms with Crippen molar-refractivity contribution in [3.63, 3.8) is 0 Å². The number of hydrogen-bond acceptors (Lipinski definition) is 4. The van der Waals surface area contributed by atoms with Gasteiger partial charge in [-0.1, -0.05) is 59.8 Å². The van der Waals surface area contributed by atoms with E-state index in [1.54, 1.807) is 0 Å². The average Bonchev–Trinajstić information content (AvgIpc) is 3.39. The molecule has 5 nitrogen and oxygen atoms in total. The van der Waals surface area contributed by atoms with Crippen LogP contribution in [0.5, 0.6) is 0 Å². The molecule has 1 amide bonds. The molecular formula is C24H21N3O2. The number of benzene rings is 3. The lowest BCUT2D eigenvalue weighted by Gasteiger charge is -2.10. The van der Waals surface area contributed by atoms with Crippen LogP contribution in [-0.4, -0.2) is 16.0 Å². The molecule has 144 valence electrons. The maximum absolute atomic E-state index is 12.5. The van der Waals surface area contributed by atoms with E-state index in [4.69, 9.17) is 4.52 Å². The van der Waals surface area contributed by atoms with Gasteiger partial charge in [0.15, 0.2) is 0 Å². The Labute approximate surface area is 168 Å². The fourth-order valence-electron chi connectivity index (χ4n) is 4.03. The summed E-state index contributed by atoms with van der Waals surface area (Å²) in [5.41, 5.74) is 4.56. The van der Waals surface area contributed by atoms with Crippen LogP contribution in [0, 0.1) is 0 Å². The van der Waals surface area contributed by atoms with Crippen molar-refractivity contribution < 1.29 is 9.32 Å². The number of hydrogen-bond donors (Lipinski definition) is 1. The number of nitrogens with one attached hydrogen (secondary N) is 1. The number of aryl methyl sites for hydroxylation is 3. The Hall–Kier alpha value is -3.47. The van der Waals surface area contributed by atoms with Gasteiger partial charge < -0.3 is 9.84 Å². The lowest BCUT2D eigenvalue weighted by Crippen LogP contribution is -2.12. The van der Waals surface area contributed by atoms with E-state index in [1.165, 1.54) is 16.5 Å². The lowest BCUT2D eigenvalue weighted by molar-refractivity contribution is -0.116. The smallest absolute Gasteiger partial charge is 0.226 e. The van der Waals surface area contributed by atoms with E-state index < -0.39 is 0 Å². The Morgan fingerprint density at radius 2 is 1.79 bits per heavy atom. The van der Waals surface area contributed by atoms with Gasteiger partial charge in [-0.05, 0) is 41.8 Å². The van der Waals surface area contributed by atoms with Crippen molar-refractivity contribution in [2.45, 2.75) is 32.1 Å². The van der Waals surface area contributed by atoms with E-state index in [0.29, 0.717) is 31.0 Å². The van der Waals surface area contributed by atoms with Crippen molar-refractivity contribution in [1.29, 1.82) is 0 Å². The Morgan fingerprint density at radius 1 is 0.966 bits per heavy atom. The number of amides is 1. The number of anilines is 1. The molecule has 0 bridgehead atoms. The summed E-state index contributed by atoms with van der Waals surface area (Å²) in [6, 6.07) is 20.2. The average molecular weight is 383 g/mol. The van der Waals surface area contributed by atoms with Gasteiger partial charge in [-0.25, -0.2) is 0 Å². The monoisotopic (exact) mass is 383 g/mol. The van der Waals surface area contributed by atoms with Crippen LogP contribution < -0.4 is 5.32 Å². The van der Waals surface area contributed by atoms with Gasteiger partial charge in [0, 0.05) is 29.5 Å². The second-order valence-electron chi connectivity index (χ2n) is 7.39. The summed E-state index contributed by atoms with van der Waals surface area (Å²) in [5, 5.41) is 9.55. The molecule has 1 aliphatic carbocycles. The van der Waals surface area contributed by atoms with E-state index in [0.717, 1.165) is 29.5 Å².